The van der Waals surface area contributed by atoms with Crippen LogP contribution in [0.15, 0.2) is 144 Å². The highest BCUT2D eigenvalue weighted by Crippen LogP contribution is 2.43. The van der Waals surface area contributed by atoms with E-state index in [4.69, 9.17) is 0 Å². The first-order chi connectivity index (χ1) is 17.3. The fourth-order valence-corrected chi connectivity index (χ4v) is 9.95. The van der Waals surface area contributed by atoms with Crippen molar-refractivity contribution < 1.29 is 0 Å². The van der Waals surface area contributed by atoms with Gasteiger partial charge in [-0.3, -0.25) is 0 Å². The van der Waals surface area contributed by atoms with E-state index in [0.29, 0.717) is 0 Å². The highest BCUT2D eigenvalue weighted by molar-refractivity contribution is 9.10. The second-order valence-corrected chi connectivity index (χ2v) is 13.6. The Balaban J connectivity index is 1.49. The van der Waals surface area contributed by atoms with E-state index < -0.39 is 15.8 Å². The van der Waals surface area contributed by atoms with Crippen LogP contribution < -0.4 is 21.2 Å². The van der Waals surface area contributed by atoms with Crippen LogP contribution in [0.4, 0.5) is 0 Å². The minimum absolute atomic E-state index is 0.488. The van der Waals surface area contributed by atoms with E-state index in [9.17, 15) is 0 Å². The van der Waals surface area contributed by atoms with Crippen LogP contribution in [-0.4, -0.2) is 0 Å². The number of hydrogen-bond acceptors (Lipinski definition) is 0. The maximum absolute atomic E-state index is 4.05. The molecule has 35 heavy (non-hydrogen) atoms. The molecule has 0 unspecified atom stereocenters. The normalized spacial score (nSPS) is 11.2. The maximum atomic E-state index is 4.05. The van der Waals surface area contributed by atoms with Gasteiger partial charge in [-0.25, -0.2) is 0 Å². The Hall–Kier alpha value is -2.56. The monoisotopic (exact) mass is 552 g/mol. The Kier molecular flexibility index (Phi) is 8.22. The molecule has 0 aromatic heterocycles. The molecule has 5 aromatic rings. The Morgan fingerprint density at radius 3 is 0.943 bits per heavy atom. The lowest BCUT2D eigenvalue weighted by molar-refractivity contribution is 1.28. The average Bonchev–Trinajstić information content (AvgIpc) is 2.94. The molecule has 3 heteroatoms. The van der Waals surface area contributed by atoms with Gasteiger partial charge < -0.3 is 0 Å². The minimum Gasteiger partial charge on any atom is -0.0622 e. The van der Waals surface area contributed by atoms with Crippen LogP contribution in [0.3, 0.4) is 0 Å². The molecular formula is C32H27BrP2. The van der Waals surface area contributed by atoms with Gasteiger partial charge in [-0.15, -0.1) is 0 Å². The fraction of sp³-hybridized carbons (Fsp3) is 0.0625. The molecule has 5 rings (SSSR count). The zero-order valence-electron chi connectivity index (χ0n) is 19.5. The quantitative estimate of drug-likeness (QED) is 0.173. The van der Waals surface area contributed by atoms with Crippen LogP contribution in [0.1, 0.15) is 11.1 Å². The van der Waals surface area contributed by atoms with Gasteiger partial charge in [0.1, 0.15) is 0 Å². The molecule has 0 fully saturated rings. The first-order valence-electron chi connectivity index (χ1n) is 11.8. The van der Waals surface area contributed by atoms with E-state index in [2.05, 4.69) is 155 Å². The van der Waals surface area contributed by atoms with Crippen molar-refractivity contribution in [3.63, 3.8) is 0 Å². The first kappa shape index (κ1) is 24.1. The number of benzene rings is 5. The summed E-state index contributed by atoms with van der Waals surface area (Å²) < 4.78 is 1.26. The molecule has 5 aromatic carbocycles. The Morgan fingerprint density at radius 2 is 0.657 bits per heavy atom. The van der Waals surface area contributed by atoms with Crippen LogP contribution in [0.5, 0.6) is 0 Å². The zero-order valence-corrected chi connectivity index (χ0v) is 22.8. The van der Waals surface area contributed by atoms with E-state index in [-0.39, 0.29) is 0 Å². The third-order valence-electron chi connectivity index (χ3n) is 6.09. The van der Waals surface area contributed by atoms with Crippen molar-refractivity contribution >= 4 is 53.0 Å². The van der Waals surface area contributed by atoms with Crippen LogP contribution in [-0.2, 0) is 12.3 Å². The summed E-state index contributed by atoms with van der Waals surface area (Å²) in [5.74, 6) is 0. The molecule has 0 amide bonds. The third kappa shape index (κ3) is 5.99. The lowest BCUT2D eigenvalue weighted by Crippen LogP contribution is -2.14. The average molecular weight is 553 g/mol. The number of halogens is 1. The van der Waals surface area contributed by atoms with Crippen molar-refractivity contribution in [2.24, 2.45) is 0 Å². The second-order valence-electron chi connectivity index (χ2n) is 8.40. The topological polar surface area (TPSA) is 0 Å². The zero-order chi connectivity index (χ0) is 23.9. The van der Waals surface area contributed by atoms with Crippen LogP contribution in [0, 0.1) is 0 Å². The predicted molar refractivity (Wildman–Crippen MR) is 160 cm³/mol. The summed E-state index contributed by atoms with van der Waals surface area (Å²) in [4.78, 5) is 0. The van der Waals surface area contributed by atoms with Gasteiger partial charge in [-0.1, -0.05) is 155 Å². The highest BCUT2D eigenvalue weighted by atomic mass is 79.9. The lowest BCUT2D eigenvalue weighted by Gasteiger charge is -2.22. The summed E-state index contributed by atoms with van der Waals surface area (Å²) in [6, 6.07) is 50.7. The molecule has 0 radical (unpaired) electrons. The molecule has 0 atom stereocenters. The molecular weight excluding hydrogens is 526 g/mol. The second kappa shape index (κ2) is 11.9. The van der Waals surface area contributed by atoms with E-state index in [0.717, 1.165) is 12.3 Å². The molecule has 0 aliphatic heterocycles. The summed E-state index contributed by atoms with van der Waals surface area (Å²) >= 11 is 4.05. The standard InChI is InChI=1S/C32H27BrP2/c33-32-26(24-34(28-16-5-1-6-17-28)29-18-7-2-8-19-29)14-13-15-27(32)25-35(30-20-9-3-10-21-30)31-22-11-4-12-23-31/h1-23H,24-25H2. The van der Waals surface area contributed by atoms with Crippen LogP contribution in [0.25, 0.3) is 0 Å². The molecule has 0 N–H and O–H groups in total. The van der Waals surface area contributed by atoms with Crippen molar-refractivity contribution in [2.75, 3.05) is 0 Å². The van der Waals surface area contributed by atoms with Gasteiger partial charge in [0.2, 0.25) is 0 Å². The van der Waals surface area contributed by atoms with Gasteiger partial charge >= 0.3 is 0 Å². The summed E-state index contributed by atoms with van der Waals surface area (Å²) in [7, 11) is -0.977. The number of hydrogen-bond donors (Lipinski definition) is 0. The Morgan fingerprint density at radius 1 is 0.371 bits per heavy atom. The van der Waals surface area contributed by atoms with Crippen molar-refractivity contribution in [1.82, 2.24) is 0 Å². The predicted octanol–water partition coefficient (Wildman–Crippen LogP) is 7.71. The Labute approximate surface area is 219 Å². The molecule has 0 heterocycles. The van der Waals surface area contributed by atoms with Gasteiger partial charge in [0.25, 0.3) is 0 Å². The summed E-state index contributed by atoms with van der Waals surface area (Å²) in [6.07, 6.45) is 2.04. The molecule has 0 aliphatic carbocycles. The van der Waals surface area contributed by atoms with Gasteiger partial charge in [-0.2, -0.15) is 0 Å². The molecule has 0 saturated carbocycles. The smallest absolute Gasteiger partial charge is 0.0246 e. The van der Waals surface area contributed by atoms with Crippen molar-refractivity contribution in [2.45, 2.75) is 12.3 Å². The lowest BCUT2D eigenvalue weighted by atomic mass is 10.2. The maximum Gasteiger partial charge on any atom is 0.0246 e. The molecule has 0 bridgehead atoms. The highest BCUT2D eigenvalue weighted by Gasteiger charge is 2.19. The van der Waals surface area contributed by atoms with Crippen LogP contribution >= 0.6 is 31.8 Å². The van der Waals surface area contributed by atoms with Gasteiger partial charge in [0, 0.05) is 16.8 Å². The summed E-state index contributed by atoms with van der Waals surface area (Å²) in [6.45, 7) is 0. The summed E-state index contributed by atoms with van der Waals surface area (Å²) in [5.41, 5.74) is 2.77. The van der Waals surface area contributed by atoms with Crippen molar-refractivity contribution in [3.8, 4) is 0 Å². The molecule has 0 nitrogen and oxygen atoms in total. The fourth-order valence-electron chi connectivity index (χ4n) is 4.31. The molecule has 172 valence electrons. The minimum atomic E-state index is -0.488. The van der Waals surface area contributed by atoms with Crippen molar-refractivity contribution in [3.05, 3.63) is 155 Å². The molecule has 0 saturated heterocycles. The third-order valence-corrected chi connectivity index (χ3v) is 12.1. The Bertz CT molecular complexity index is 1160. The van der Waals surface area contributed by atoms with E-state index >= 15 is 0 Å². The van der Waals surface area contributed by atoms with Gasteiger partial charge in [0.05, 0.1) is 0 Å². The van der Waals surface area contributed by atoms with E-state index in [1.165, 1.54) is 36.8 Å². The number of rotatable bonds is 8. The van der Waals surface area contributed by atoms with Crippen LogP contribution in [0.2, 0.25) is 0 Å². The SMILES string of the molecule is Brc1c(CP(c2ccccc2)c2ccccc2)cccc1CP(c1ccccc1)c1ccccc1. The van der Waals surface area contributed by atoms with E-state index in [1.54, 1.807) is 0 Å². The van der Waals surface area contributed by atoms with Gasteiger partial charge in [0.15, 0.2) is 0 Å². The van der Waals surface area contributed by atoms with Gasteiger partial charge in [-0.05, 0) is 48.2 Å². The largest absolute Gasteiger partial charge is 0.0622 e. The van der Waals surface area contributed by atoms with Crippen molar-refractivity contribution in [1.29, 1.82) is 0 Å². The molecule has 0 spiro atoms. The molecule has 0 aliphatic rings. The summed E-state index contributed by atoms with van der Waals surface area (Å²) in [5, 5.41) is 5.67. The van der Waals surface area contributed by atoms with E-state index in [1.807, 2.05) is 0 Å². The first-order valence-corrected chi connectivity index (χ1v) is 15.7.